The van der Waals surface area contributed by atoms with Crippen LogP contribution in [-0.2, 0) is 0 Å². The van der Waals surface area contributed by atoms with Crippen LogP contribution in [0.2, 0.25) is 0 Å². The fraction of sp³-hybridized carbons (Fsp3) is 0.167. The van der Waals surface area contributed by atoms with Gasteiger partial charge in [0.1, 0.15) is 5.75 Å². The number of amides is 1. The van der Waals surface area contributed by atoms with Crippen molar-refractivity contribution in [3.8, 4) is 17.0 Å². The van der Waals surface area contributed by atoms with Gasteiger partial charge in [0, 0.05) is 11.1 Å². The summed E-state index contributed by atoms with van der Waals surface area (Å²) >= 11 is 0. The summed E-state index contributed by atoms with van der Waals surface area (Å²) in [6.07, 6.45) is 0. The number of carbonyl (C=O) groups is 1. The van der Waals surface area contributed by atoms with Crippen molar-refractivity contribution in [2.75, 3.05) is 11.9 Å². The van der Waals surface area contributed by atoms with Crippen LogP contribution in [0.1, 0.15) is 22.8 Å². The first kappa shape index (κ1) is 15.7. The van der Waals surface area contributed by atoms with E-state index in [9.17, 15) is 4.79 Å². The molecule has 0 spiro atoms. The quantitative estimate of drug-likeness (QED) is 0.774. The van der Waals surface area contributed by atoms with Gasteiger partial charge in [0.25, 0.3) is 5.91 Å². The lowest BCUT2D eigenvalue weighted by molar-refractivity contribution is 0.102. The maximum Gasteiger partial charge on any atom is 0.256 e. The van der Waals surface area contributed by atoms with Gasteiger partial charge >= 0.3 is 0 Å². The van der Waals surface area contributed by atoms with E-state index in [1.54, 1.807) is 24.3 Å². The number of hydrogen-bond acceptors (Lipinski definition) is 5. The van der Waals surface area contributed by atoms with E-state index in [1.807, 2.05) is 38.1 Å². The number of nitrogens with one attached hydrogen (secondary N) is 1. The topological polar surface area (TPSA) is 77.2 Å². The lowest BCUT2D eigenvalue weighted by Gasteiger charge is -2.05. The Balaban J connectivity index is 1.78. The van der Waals surface area contributed by atoms with Gasteiger partial charge in [0.15, 0.2) is 5.69 Å². The molecule has 0 saturated carbocycles. The third-order valence-electron chi connectivity index (χ3n) is 3.47. The minimum atomic E-state index is -0.290. The molecule has 122 valence electrons. The highest BCUT2D eigenvalue weighted by atomic mass is 16.6. The Morgan fingerprint density at radius 2 is 1.79 bits per heavy atom. The van der Waals surface area contributed by atoms with Gasteiger partial charge in [-0.05, 0) is 48.4 Å². The zero-order valence-electron chi connectivity index (χ0n) is 13.4. The van der Waals surface area contributed by atoms with Crippen LogP contribution in [0.25, 0.3) is 11.3 Å². The van der Waals surface area contributed by atoms with Gasteiger partial charge in [-0.3, -0.25) is 4.79 Å². The minimum Gasteiger partial charge on any atom is -0.494 e. The summed E-state index contributed by atoms with van der Waals surface area (Å²) in [5, 5.41) is 10.4. The van der Waals surface area contributed by atoms with Crippen molar-refractivity contribution >= 4 is 11.7 Å². The molecule has 0 atom stereocenters. The van der Waals surface area contributed by atoms with Crippen LogP contribution in [0.3, 0.4) is 0 Å². The molecule has 0 radical (unpaired) electrons. The fourth-order valence-electron chi connectivity index (χ4n) is 2.22. The van der Waals surface area contributed by atoms with E-state index in [4.69, 9.17) is 9.37 Å². The van der Waals surface area contributed by atoms with E-state index in [0.717, 1.165) is 16.9 Å². The van der Waals surface area contributed by atoms with Gasteiger partial charge in [-0.15, -0.1) is 0 Å². The van der Waals surface area contributed by atoms with Crippen molar-refractivity contribution < 1.29 is 14.2 Å². The number of benzene rings is 2. The monoisotopic (exact) mass is 323 g/mol. The molecule has 6 nitrogen and oxygen atoms in total. The van der Waals surface area contributed by atoms with Crippen molar-refractivity contribution in [3.63, 3.8) is 0 Å². The summed E-state index contributed by atoms with van der Waals surface area (Å²) in [5.74, 6) is 0.720. The van der Waals surface area contributed by atoms with Crippen LogP contribution >= 0.6 is 0 Å². The Hall–Kier alpha value is -3.15. The molecule has 1 amide bonds. The molecule has 0 fully saturated rings. The lowest BCUT2D eigenvalue weighted by atomic mass is 10.1. The average Bonchev–Trinajstić information content (AvgIpc) is 3.04. The maximum atomic E-state index is 12.4. The zero-order chi connectivity index (χ0) is 16.9. The number of aromatic nitrogens is 2. The molecule has 1 aromatic heterocycles. The summed E-state index contributed by atoms with van der Waals surface area (Å²) in [7, 11) is 0. The lowest BCUT2D eigenvalue weighted by Crippen LogP contribution is -2.12. The molecular formula is C18H17N3O3. The van der Waals surface area contributed by atoms with Crippen molar-refractivity contribution in [2.24, 2.45) is 0 Å². The van der Waals surface area contributed by atoms with Crippen LogP contribution in [0.15, 0.2) is 53.2 Å². The number of anilines is 1. The van der Waals surface area contributed by atoms with Crippen molar-refractivity contribution in [3.05, 3.63) is 59.7 Å². The van der Waals surface area contributed by atoms with E-state index >= 15 is 0 Å². The summed E-state index contributed by atoms with van der Waals surface area (Å²) in [4.78, 5) is 12.4. The first-order valence-corrected chi connectivity index (χ1v) is 7.61. The first-order chi connectivity index (χ1) is 11.7. The first-order valence-electron chi connectivity index (χ1n) is 7.61. The molecule has 1 N–H and O–H groups in total. The van der Waals surface area contributed by atoms with Gasteiger partial charge in [-0.2, -0.15) is 0 Å². The predicted octanol–water partition coefficient (Wildman–Crippen LogP) is 3.70. The molecule has 0 aliphatic carbocycles. The molecule has 24 heavy (non-hydrogen) atoms. The molecule has 0 aliphatic heterocycles. The predicted molar refractivity (Wildman–Crippen MR) is 90.0 cm³/mol. The van der Waals surface area contributed by atoms with Crippen LogP contribution in [0.4, 0.5) is 5.82 Å². The Morgan fingerprint density at radius 3 is 2.46 bits per heavy atom. The number of aryl methyl sites for hydroxylation is 1. The van der Waals surface area contributed by atoms with E-state index in [2.05, 4.69) is 15.6 Å². The highest BCUT2D eigenvalue weighted by Gasteiger charge is 2.16. The van der Waals surface area contributed by atoms with Crippen LogP contribution in [0.5, 0.6) is 5.75 Å². The maximum absolute atomic E-state index is 12.4. The van der Waals surface area contributed by atoms with Crippen LogP contribution < -0.4 is 10.1 Å². The third-order valence-corrected chi connectivity index (χ3v) is 3.47. The van der Waals surface area contributed by atoms with Crippen molar-refractivity contribution in [1.29, 1.82) is 0 Å². The summed E-state index contributed by atoms with van der Waals surface area (Å²) < 4.78 is 10.1. The van der Waals surface area contributed by atoms with Gasteiger partial charge < -0.3 is 10.1 Å². The second-order valence-corrected chi connectivity index (χ2v) is 5.24. The molecule has 0 bridgehead atoms. The minimum absolute atomic E-state index is 0.290. The van der Waals surface area contributed by atoms with Gasteiger partial charge in [0.05, 0.1) is 6.61 Å². The molecule has 6 heteroatoms. The van der Waals surface area contributed by atoms with Gasteiger partial charge in [-0.25, -0.2) is 4.63 Å². The fourth-order valence-corrected chi connectivity index (χ4v) is 2.22. The smallest absolute Gasteiger partial charge is 0.256 e. The standard InChI is InChI=1S/C18H17N3O3/c1-3-23-15-10-8-14(9-11-15)18(22)19-17-16(20-24-21-17)13-6-4-12(2)5-7-13/h4-11H,3H2,1-2H3,(H,19,21,22). The highest BCUT2D eigenvalue weighted by molar-refractivity contribution is 6.05. The molecule has 3 aromatic rings. The third kappa shape index (κ3) is 3.43. The molecule has 1 heterocycles. The van der Waals surface area contributed by atoms with Gasteiger partial charge in [-0.1, -0.05) is 29.8 Å². The number of hydrogen-bond donors (Lipinski definition) is 1. The second kappa shape index (κ2) is 6.95. The average molecular weight is 323 g/mol. The highest BCUT2D eigenvalue weighted by Crippen LogP contribution is 2.25. The Bertz CT molecular complexity index is 823. The van der Waals surface area contributed by atoms with E-state index < -0.39 is 0 Å². The SMILES string of the molecule is CCOc1ccc(C(=O)Nc2nonc2-c2ccc(C)cc2)cc1. The Morgan fingerprint density at radius 1 is 1.08 bits per heavy atom. The van der Waals surface area contributed by atoms with Crippen LogP contribution in [0, 0.1) is 6.92 Å². The number of carbonyl (C=O) groups excluding carboxylic acids is 1. The number of ether oxygens (including phenoxy) is 1. The summed E-state index contributed by atoms with van der Waals surface area (Å²) in [6, 6.07) is 14.6. The van der Waals surface area contributed by atoms with E-state index in [0.29, 0.717) is 17.9 Å². The molecule has 3 rings (SSSR count). The Labute approximate surface area is 139 Å². The van der Waals surface area contributed by atoms with Crippen LogP contribution in [-0.4, -0.2) is 22.8 Å². The normalized spacial score (nSPS) is 10.4. The largest absolute Gasteiger partial charge is 0.494 e. The molecule has 0 aliphatic rings. The number of nitrogens with zero attached hydrogens (tertiary/aromatic N) is 2. The Kier molecular flexibility index (Phi) is 4.56. The molecular weight excluding hydrogens is 306 g/mol. The summed E-state index contributed by atoms with van der Waals surface area (Å²) in [6.45, 7) is 4.49. The zero-order valence-corrected chi connectivity index (χ0v) is 13.4. The number of rotatable bonds is 5. The van der Waals surface area contributed by atoms with E-state index in [1.165, 1.54) is 0 Å². The van der Waals surface area contributed by atoms with Crippen molar-refractivity contribution in [1.82, 2.24) is 10.3 Å². The molecule has 2 aromatic carbocycles. The van der Waals surface area contributed by atoms with Gasteiger partial charge in [0.2, 0.25) is 5.82 Å². The van der Waals surface area contributed by atoms with Crippen molar-refractivity contribution in [2.45, 2.75) is 13.8 Å². The summed E-state index contributed by atoms with van der Waals surface area (Å²) in [5.41, 5.74) is 2.95. The molecule has 0 unspecified atom stereocenters. The molecule has 0 saturated heterocycles. The second-order valence-electron chi connectivity index (χ2n) is 5.24. The van der Waals surface area contributed by atoms with E-state index in [-0.39, 0.29) is 11.7 Å².